The number of amides is 1. The van der Waals surface area contributed by atoms with Gasteiger partial charge in [-0.25, -0.2) is 0 Å². The molecule has 2 fully saturated rings. The number of carbonyl (C=O) groups is 1. The molecular formula is C18H37N5O. The van der Waals surface area contributed by atoms with Crippen molar-refractivity contribution in [3.63, 3.8) is 0 Å². The lowest BCUT2D eigenvalue weighted by Crippen LogP contribution is -2.52. The number of nitrogens with zero attached hydrogens (tertiary/aromatic N) is 4. The molecule has 0 aromatic rings. The van der Waals surface area contributed by atoms with Crippen LogP contribution in [0.3, 0.4) is 0 Å². The third-order valence-electron chi connectivity index (χ3n) is 5.39. The van der Waals surface area contributed by atoms with E-state index in [-0.39, 0.29) is 5.91 Å². The molecule has 2 aliphatic rings. The van der Waals surface area contributed by atoms with Crippen LogP contribution < -0.4 is 5.32 Å². The van der Waals surface area contributed by atoms with Crippen molar-refractivity contribution in [2.75, 3.05) is 72.0 Å². The molecule has 1 amide bonds. The quantitative estimate of drug-likeness (QED) is 0.715. The standard InChI is InChI=1S/C18H37N5O/c1-16(2)22-11-7-20(8-12-22)6-5-19-18(24)15-21-9-13-23(14-10-21)17(3)4/h16-17H,5-15H2,1-4H3,(H,19,24). The predicted octanol–water partition coefficient (Wildman–Crippen LogP) is 0.155. The maximum absolute atomic E-state index is 12.1. The van der Waals surface area contributed by atoms with Gasteiger partial charge in [0, 0.05) is 77.5 Å². The van der Waals surface area contributed by atoms with E-state index in [1.165, 1.54) is 0 Å². The summed E-state index contributed by atoms with van der Waals surface area (Å²) in [6, 6.07) is 1.25. The van der Waals surface area contributed by atoms with E-state index in [0.717, 1.165) is 65.4 Å². The second-order valence-corrected chi connectivity index (χ2v) is 7.73. The molecule has 6 nitrogen and oxygen atoms in total. The monoisotopic (exact) mass is 339 g/mol. The van der Waals surface area contributed by atoms with Crippen LogP contribution in [-0.2, 0) is 4.79 Å². The molecular weight excluding hydrogens is 302 g/mol. The second-order valence-electron chi connectivity index (χ2n) is 7.73. The highest BCUT2D eigenvalue weighted by atomic mass is 16.2. The van der Waals surface area contributed by atoms with E-state index in [1.54, 1.807) is 0 Å². The first-order valence-electron chi connectivity index (χ1n) is 9.65. The molecule has 2 heterocycles. The molecule has 0 saturated carbocycles. The molecule has 0 spiro atoms. The van der Waals surface area contributed by atoms with Crippen LogP contribution in [0.1, 0.15) is 27.7 Å². The Morgan fingerprint density at radius 3 is 1.71 bits per heavy atom. The van der Waals surface area contributed by atoms with E-state index < -0.39 is 0 Å². The number of rotatable bonds is 7. The van der Waals surface area contributed by atoms with Crippen LogP contribution >= 0.6 is 0 Å². The zero-order chi connectivity index (χ0) is 17.5. The van der Waals surface area contributed by atoms with E-state index in [9.17, 15) is 4.79 Å². The first kappa shape index (κ1) is 19.6. The van der Waals surface area contributed by atoms with Crippen LogP contribution in [0.5, 0.6) is 0 Å². The van der Waals surface area contributed by atoms with Crippen molar-refractivity contribution < 1.29 is 4.79 Å². The molecule has 0 atom stereocenters. The van der Waals surface area contributed by atoms with Crippen LogP contribution in [0.15, 0.2) is 0 Å². The lowest BCUT2D eigenvalue weighted by atomic mass is 10.2. The highest BCUT2D eigenvalue weighted by Gasteiger charge is 2.21. The van der Waals surface area contributed by atoms with Gasteiger partial charge in [0.1, 0.15) is 0 Å². The number of carbonyl (C=O) groups excluding carboxylic acids is 1. The Bertz CT molecular complexity index is 372. The van der Waals surface area contributed by atoms with Gasteiger partial charge in [0.2, 0.25) is 5.91 Å². The Morgan fingerprint density at radius 1 is 0.792 bits per heavy atom. The molecule has 0 radical (unpaired) electrons. The number of nitrogens with one attached hydrogen (secondary N) is 1. The largest absolute Gasteiger partial charge is 0.354 e. The maximum atomic E-state index is 12.1. The van der Waals surface area contributed by atoms with Crippen LogP contribution in [-0.4, -0.2) is 110 Å². The fourth-order valence-electron chi connectivity index (χ4n) is 3.55. The molecule has 0 aliphatic carbocycles. The third kappa shape index (κ3) is 6.31. The smallest absolute Gasteiger partial charge is 0.234 e. The summed E-state index contributed by atoms with van der Waals surface area (Å²) in [4.78, 5) is 21.8. The Balaban J connectivity index is 1.54. The fraction of sp³-hybridized carbons (Fsp3) is 0.944. The van der Waals surface area contributed by atoms with Gasteiger partial charge in [0.15, 0.2) is 0 Å². The first-order valence-corrected chi connectivity index (χ1v) is 9.65. The summed E-state index contributed by atoms with van der Waals surface area (Å²) < 4.78 is 0. The van der Waals surface area contributed by atoms with Gasteiger partial charge in [0.25, 0.3) is 0 Å². The van der Waals surface area contributed by atoms with E-state index in [4.69, 9.17) is 0 Å². The van der Waals surface area contributed by atoms with Crippen molar-refractivity contribution in [3.8, 4) is 0 Å². The minimum absolute atomic E-state index is 0.175. The van der Waals surface area contributed by atoms with Crippen molar-refractivity contribution in [1.82, 2.24) is 24.9 Å². The lowest BCUT2D eigenvalue weighted by Gasteiger charge is -2.37. The fourth-order valence-corrected chi connectivity index (χ4v) is 3.55. The summed E-state index contributed by atoms with van der Waals surface area (Å²) >= 11 is 0. The van der Waals surface area contributed by atoms with Gasteiger partial charge in [-0.05, 0) is 27.7 Å². The van der Waals surface area contributed by atoms with Crippen molar-refractivity contribution in [2.24, 2.45) is 0 Å². The molecule has 0 bridgehead atoms. The summed E-state index contributed by atoms with van der Waals surface area (Å²) in [5.41, 5.74) is 0. The van der Waals surface area contributed by atoms with E-state index >= 15 is 0 Å². The SMILES string of the molecule is CC(C)N1CCN(CCNC(=O)CN2CCN(C(C)C)CC2)CC1. The summed E-state index contributed by atoms with van der Waals surface area (Å²) in [6.07, 6.45) is 0. The Kier molecular flexibility index (Phi) is 7.94. The predicted molar refractivity (Wildman–Crippen MR) is 99.3 cm³/mol. The Labute approximate surface area is 148 Å². The van der Waals surface area contributed by atoms with Gasteiger partial charge < -0.3 is 5.32 Å². The normalized spacial score (nSPS) is 22.4. The van der Waals surface area contributed by atoms with Crippen molar-refractivity contribution >= 4 is 5.91 Å². The highest BCUT2D eigenvalue weighted by molar-refractivity contribution is 5.78. The van der Waals surface area contributed by atoms with E-state index in [2.05, 4.69) is 52.6 Å². The molecule has 2 aliphatic heterocycles. The van der Waals surface area contributed by atoms with Gasteiger partial charge in [0.05, 0.1) is 6.54 Å². The molecule has 140 valence electrons. The van der Waals surface area contributed by atoms with E-state index in [0.29, 0.717) is 18.6 Å². The van der Waals surface area contributed by atoms with Gasteiger partial charge in [-0.2, -0.15) is 0 Å². The van der Waals surface area contributed by atoms with Gasteiger partial charge in [-0.3, -0.25) is 24.4 Å². The number of hydrogen-bond acceptors (Lipinski definition) is 5. The first-order chi connectivity index (χ1) is 11.5. The van der Waals surface area contributed by atoms with Crippen molar-refractivity contribution in [3.05, 3.63) is 0 Å². The zero-order valence-corrected chi connectivity index (χ0v) is 16.1. The number of piperazine rings is 2. The topological polar surface area (TPSA) is 42.1 Å². The Hall–Kier alpha value is -0.690. The summed E-state index contributed by atoms with van der Waals surface area (Å²) in [5.74, 6) is 0.175. The molecule has 2 saturated heterocycles. The summed E-state index contributed by atoms with van der Waals surface area (Å²) in [7, 11) is 0. The average molecular weight is 340 g/mol. The van der Waals surface area contributed by atoms with Crippen LogP contribution in [0.25, 0.3) is 0 Å². The molecule has 2 rings (SSSR count). The van der Waals surface area contributed by atoms with Crippen LogP contribution in [0, 0.1) is 0 Å². The average Bonchev–Trinajstić information content (AvgIpc) is 2.55. The summed E-state index contributed by atoms with van der Waals surface area (Å²) in [6.45, 7) is 20.0. The molecule has 0 unspecified atom stereocenters. The third-order valence-corrected chi connectivity index (χ3v) is 5.39. The van der Waals surface area contributed by atoms with Crippen molar-refractivity contribution in [2.45, 2.75) is 39.8 Å². The van der Waals surface area contributed by atoms with Crippen molar-refractivity contribution in [1.29, 1.82) is 0 Å². The minimum Gasteiger partial charge on any atom is -0.354 e. The molecule has 6 heteroatoms. The van der Waals surface area contributed by atoms with E-state index in [1.807, 2.05) is 0 Å². The summed E-state index contributed by atoms with van der Waals surface area (Å²) in [5, 5.41) is 3.10. The van der Waals surface area contributed by atoms with Gasteiger partial charge in [-0.1, -0.05) is 0 Å². The zero-order valence-electron chi connectivity index (χ0n) is 16.1. The van der Waals surface area contributed by atoms with Crippen LogP contribution in [0.4, 0.5) is 0 Å². The van der Waals surface area contributed by atoms with Crippen LogP contribution in [0.2, 0.25) is 0 Å². The Morgan fingerprint density at radius 2 is 1.25 bits per heavy atom. The maximum Gasteiger partial charge on any atom is 0.234 e. The minimum atomic E-state index is 0.175. The molecule has 1 N–H and O–H groups in total. The highest BCUT2D eigenvalue weighted by Crippen LogP contribution is 2.06. The lowest BCUT2D eigenvalue weighted by molar-refractivity contribution is -0.122. The molecule has 24 heavy (non-hydrogen) atoms. The second kappa shape index (κ2) is 9.70. The van der Waals surface area contributed by atoms with Gasteiger partial charge >= 0.3 is 0 Å². The molecule has 0 aromatic heterocycles. The molecule has 0 aromatic carbocycles. The number of hydrogen-bond donors (Lipinski definition) is 1. The van der Waals surface area contributed by atoms with Gasteiger partial charge in [-0.15, -0.1) is 0 Å².